The predicted octanol–water partition coefficient (Wildman–Crippen LogP) is 3.91. The number of phenols is 2. The van der Waals surface area contributed by atoms with Crippen LogP contribution in [0.4, 0.5) is 0 Å². The molecule has 2 aromatic carbocycles. The van der Waals surface area contributed by atoms with E-state index in [9.17, 15) is 10.2 Å². The van der Waals surface area contributed by atoms with Gasteiger partial charge in [-0.1, -0.05) is 42.5 Å². The SMILES string of the molecule is Oc1cc(-c2ccccc2)c(O)c2c1C1C=CC2C1. The standard InChI is InChI=1S/C17H14O2/c18-14-9-13(10-4-2-1-3-5-10)17(19)16-12-7-6-11(8-12)15(14)16/h1-7,9,11-12,18-19H,8H2. The first-order valence-electron chi connectivity index (χ1n) is 6.58. The number of allylic oxidation sites excluding steroid dienone is 2. The first kappa shape index (κ1) is 10.7. The summed E-state index contributed by atoms with van der Waals surface area (Å²) >= 11 is 0. The van der Waals surface area contributed by atoms with Crippen molar-refractivity contribution in [1.82, 2.24) is 0 Å². The minimum absolute atomic E-state index is 0.259. The van der Waals surface area contributed by atoms with Crippen molar-refractivity contribution in [1.29, 1.82) is 0 Å². The van der Waals surface area contributed by atoms with Crippen LogP contribution in [0, 0.1) is 0 Å². The maximum atomic E-state index is 10.6. The Bertz CT molecular complexity index is 686. The molecule has 4 rings (SSSR count). The Labute approximate surface area is 111 Å². The first-order valence-corrected chi connectivity index (χ1v) is 6.58. The Morgan fingerprint density at radius 2 is 1.58 bits per heavy atom. The molecule has 0 saturated carbocycles. The second-order valence-electron chi connectivity index (χ2n) is 5.32. The van der Waals surface area contributed by atoms with Crippen molar-refractivity contribution in [2.24, 2.45) is 0 Å². The van der Waals surface area contributed by atoms with Crippen molar-refractivity contribution < 1.29 is 10.2 Å². The van der Waals surface area contributed by atoms with Crippen LogP contribution in [0.15, 0.2) is 48.6 Å². The van der Waals surface area contributed by atoms with E-state index in [4.69, 9.17) is 0 Å². The third-order valence-electron chi connectivity index (χ3n) is 4.27. The van der Waals surface area contributed by atoms with Gasteiger partial charge in [0.25, 0.3) is 0 Å². The molecule has 2 unspecified atom stereocenters. The molecular weight excluding hydrogens is 236 g/mol. The topological polar surface area (TPSA) is 40.5 Å². The molecule has 0 aliphatic heterocycles. The van der Waals surface area contributed by atoms with Crippen LogP contribution in [-0.2, 0) is 0 Å². The van der Waals surface area contributed by atoms with Crippen LogP contribution >= 0.6 is 0 Å². The summed E-state index contributed by atoms with van der Waals surface area (Å²) in [5.41, 5.74) is 3.50. The molecule has 0 spiro atoms. The van der Waals surface area contributed by atoms with Gasteiger partial charge >= 0.3 is 0 Å². The summed E-state index contributed by atoms with van der Waals surface area (Å²) in [7, 11) is 0. The van der Waals surface area contributed by atoms with E-state index in [0.717, 1.165) is 28.7 Å². The quantitative estimate of drug-likeness (QED) is 0.595. The van der Waals surface area contributed by atoms with Crippen molar-refractivity contribution in [2.45, 2.75) is 18.3 Å². The molecule has 19 heavy (non-hydrogen) atoms. The van der Waals surface area contributed by atoms with E-state index in [2.05, 4.69) is 12.2 Å². The molecule has 0 saturated heterocycles. The zero-order valence-corrected chi connectivity index (χ0v) is 10.4. The van der Waals surface area contributed by atoms with Gasteiger partial charge in [0.15, 0.2) is 0 Å². The van der Waals surface area contributed by atoms with E-state index in [0.29, 0.717) is 11.5 Å². The number of phenolic OH excluding ortho intramolecular Hbond substituents is 2. The summed E-state index contributed by atoms with van der Waals surface area (Å²) in [6.07, 6.45) is 5.25. The third-order valence-corrected chi connectivity index (χ3v) is 4.27. The molecule has 2 aromatic rings. The molecule has 2 heteroatoms. The fourth-order valence-electron chi connectivity index (χ4n) is 3.42. The average molecular weight is 250 g/mol. The van der Waals surface area contributed by atoms with Gasteiger partial charge in [0.2, 0.25) is 0 Å². The molecule has 2 nitrogen and oxygen atoms in total. The normalized spacial score (nSPS) is 22.7. The van der Waals surface area contributed by atoms with Crippen molar-refractivity contribution in [3.05, 3.63) is 59.7 Å². The van der Waals surface area contributed by atoms with Gasteiger partial charge in [0.05, 0.1) is 0 Å². The molecule has 94 valence electrons. The fraction of sp³-hybridized carbons (Fsp3) is 0.176. The zero-order chi connectivity index (χ0) is 13.0. The molecule has 0 fully saturated rings. The lowest BCUT2D eigenvalue weighted by Gasteiger charge is -2.17. The van der Waals surface area contributed by atoms with Gasteiger partial charge in [-0.2, -0.15) is 0 Å². The van der Waals surface area contributed by atoms with Crippen LogP contribution in [-0.4, -0.2) is 10.2 Å². The van der Waals surface area contributed by atoms with Crippen LogP contribution < -0.4 is 0 Å². The van der Waals surface area contributed by atoms with Crippen LogP contribution in [0.3, 0.4) is 0 Å². The maximum Gasteiger partial charge on any atom is 0.127 e. The molecular formula is C17H14O2. The lowest BCUT2D eigenvalue weighted by Crippen LogP contribution is -1.96. The Morgan fingerprint density at radius 1 is 0.895 bits per heavy atom. The highest BCUT2D eigenvalue weighted by Crippen LogP contribution is 2.56. The molecule has 2 N–H and O–H groups in total. The number of rotatable bonds is 1. The summed E-state index contributed by atoms with van der Waals surface area (Å²) in [6.45, 7) is 0. The van der Waals surface area contributed by atoms with Gasteiger partial charge in [-0.25, -0.2) is 0 Å². The van der Waals surface area contributed by atoms with Crippen molar-refractivity contribution >= 4 is 0 Å². The monoisotopic (exact) mass is 250 g/mol. The van der Waals surface area contributed by atoms with Crippen LogP contribution in [0.1, 0.15) is 29.4 Å². The lowest BCUT2D eigenvalue weighted by atomic mass is 9.90. The second kappa shape index (κ2) is 3.64. The summed E-state index contributed by atoms with van der Waals surface area (Å²) in [4.78, 5) is 0. The van der Waals surface area contributed by atoms with E-state index < -0.39 is 0 Å². The number of aromatic hydroxyl groups is 2. The van der Waals surface area contributed by atoms with E-state index in [-0.39, 0.29) is 11.8 Å². The number of fused-ring (bicyclic) bond motifs is 5. The van der Waals surface area contributed by atoms with Gasteiger partial charge in [-0.05, 0) is 18.1 Å². The predicted molar refractivity (Wildman–Crippen MR) is 74.4 cm³/mol. The Morgan fingerprint density at radius 3 is 2.32 bits per heavy atom. The van der Waals surface area contributed by atoms with Crippen LogP contribution in [0.25, 0.3) is 11.1 Å². The highest BCUT2D eigenvalue weighted by molar-refractivity contribution is 5.77. The van der Waals surface area contributed by atoms with Gasteiger partial charge < -0.3 is 10.2 Å². The van der Waals surface area contributed by atoms with Gasteiger partial charge in [0, 0.05) is 28.5 Å². The first-order chi connectivity index (χ1) is 9.25. The minimum Gasteiger partial charge on any atom is -0.508 e. The largest absolute Gasteiger partial charge is 0.508 e. The van der Waals surface area contributed by atoms with Crippen molar-refractivity contribution in [3.8, 4) is 22.6 Å². The molecule has 0 radical (unpaired) electrons. The summed E-state index contributed by atoms with van der Waals surface area (Å²) in [5, 5.41) is 20.8. The number of benzene rings is 2. The van der Waals surface area contributed by atoms with Crippen molar-refractivity contribution in [3.63, 3.8) is 0 Å². The van der Waals surface area contributed by atoms with Crippen molar-refractivity contribution in [2.75, 3.05) is 0 Å². The van der Waals surface area contributed by atoms with E-state index in [1.165, 1.54) is 0 Å². The maximum absolute atomic E-state index is 10.6. The summed E-state index contributed by atoms with van der Waals surface area (Å²) in [6, 6.07) is 11.4. The lowest BCUT2D eigenvalue weighted by molar-refractivity contribution is 0.452. The van der Waals surface area contributed by atoms with Gasteiger partial charge in [-0.3, -0.25) is 0 Å². The summed E-state index contributed by atoms with van der Waals surface area (Å²) < 4.78 is 0. The number of hydrogen-bond acceptors (Lipinski definition) is 2. The summed E-state index contributed by atoms with van der Waals surface area (Å²) in [5.74, 6) is 1.17. The molecule has 0 amide bonds. The van der Waals surface area contributed by atoms with E-state index >= 15 is 0 Å². The Hall–Kier alpha value is -2.22. The highest BCUT2D eigenvalue weighted by atomic mass is 16.3. The van der Waals surface area contributed by atoms with E-state index in [1.54, 1.807) is 6.07 Å². The molecule has 0 heterocycles. The van der Waals surface area contributed by atoms with E-state index in [1.807, 2.05) is 30.3 Å². The average Bonchev–Trinajstić information content (AvgIpc) is 3.05. The highest BCUT2D eigenvalue weighted by Gasteiger charge is 2.38. The smallest absolute Gasteiger partial charge is 0.127 e. The van der Waals surface area contributed by atoms with Gasteiger partial charge in [-0.15, -0.1) is 0 Å². The molecule has 2 aliphatic rings. The van der Waals surface area contributed by atoms with Crippen LogP contribution in [0.2, 0.25) is 0 Å². The third kappa shape index (κ3) is 1.37. The zero-order valence-electron chi connectivity index (χ0n) is 10.4. The minimum atomic E-state index is 0.259. The number of hydrogen-bond donors (Lipinski definition) is 2. The van der Waals surface area contributed by atoms with Gasteiger partial charge in [0.1, 0.15) is 11.5 Å². The molecule has 2 bridgehead atoms. The Balaban J connectivity index is 1.98. The molecule has 2 atom stereocenters. The molecule has 0 aromatic heterocycles. The van der Waals surface area contributed by atoms with Crippen LogP contribution in [0.5, 0.6) is 11.5 Å². The molecule has 2 aliphatic carbocycles. The Kier molecular flexibility index (Phi) is 2.05. The fourth-order valence-corrected chi connectivity index (χ4v) is 3.42. The second-order valence-corrected chi connectivity index (χ2v) is 5.32.